The fraction of sp³-hybridized carbons (Fsp3) is 0.292. The number of thiazole rings is 1. The summed E-state index contributed by atoms with van der Waals surface area (Å²) in [6, 6.07) is 17.9. The lowest BCUT2D eigenvalue weighted by atomic mass is 10.0. The first-order valence-electron chi connectivity index (χ1n) is 10.9. The number of nitrogens with zero attached hydrogens (tertiary/aromatic N) is 3. The molecule has 170 valence electrons. The Bertz CT molecular complexity index is 1320. The number of para-hydroxylation sites is 1. The Kier molecular flexibility index (Phi) is 5.46. The van der Waals surface area contributed by atoms with Crippen molar-refractivity contribution in [3.63, 3.8) is 0 Å². The summed E-state index contributed by atoms with van der Waals surface area (Å²) in [5, 5.41) is 4.19. The molecule has 6 nitrogen and oxygen atoms in total. The second-order valence-electron chi connectivity index (χ2n) is 8.69. The SMILES string of the molecule is O=S(=O)(c1ccsc1)N1CC2CN(Cc3ccc(Oc4nc5ccccc5s4)cc3)CC2C1. The zero-order valence-corrected chi connectivity index (χ0v) is 20.3. The van der Waals surface area contributed by atoms with E-state index in [-0.39, 0.29) is 0 Å². The van der Waals surface area contributed by atoms with Gasteiger partial charge in [-0.3, -0.25) is 4.90 Å². The summed E-state index contributed by atoms with van der Waals surface area (Å²) in [5.74, 6) is 1.59. The molecule has 4 aromatic rings. The highest BCUT2D eigenvalue weighted by Gasteiger charge is 2.44. The van der Waals surface area contributed by atoms with Gasteiger partial charge in [0, 0.05) is 38.1 Å². The summed E-state index contributed by atoms with van der Waals surface area (Å²) in [5.41, 5.74) is 2.18. The molecule has 2 unspecified atom stereocenters. The Morgan fingerprint density at radius 2 is 1.73 bits per heavy atom. The summed E-state index contributed by atoms with van der Waals surface area (Å²) in [6.07, 6.45) is 0. The van der Waals surface area contributed by atoms with Crippen LogP contribution in [0.5, 0.6) is 10.9 Å². The van der Waals surface area contributed by atoms with Crippen LogP contribution in [0.15, 0.2) is 70.3 Å². The van der Waals surface area contributed by atoms with Crippen LogP contribution < -0.4 is 4.74 Å². The van der Waals surface area contributed by atoms with E-state index in [2.05, 4.69) is 22.0 Å². The standard InChI is InChI=1S/C24H23N3O3S3/c28-33(29,21-9-10-31-16-21)27-14-18-12-26(13-19(18)15-27)11-17-5-7-20(8-6-17)30-24-25-22-3-1-2-4-23(22)32-24/h1-10,16,18-19H,11-15H2. The quantitative estimate of drug-likeness (QED) is 0.379. The Morgan fingerprint density at radius 1 is 0.970 bits per heavy atom. The van der Waals surface area contributed by atoms with E-state index >= 15 is 0 Å². The molecule has 2 aliphatic heterocycles. The topological polar surface area (TPSA) is 62.7 Å². The number of aromatic nitrogens is 1. The van der Waals surface area contributed by atoms with Crippen LogP contribution in [0.1, 0.15) is 5.56 Å². The van der Waals surface area contributed by atoms with Crippen molar-refractivity contribution in [2.75, 3.05) is 26.2 Å². The monoisotopic (exact) mass is 497 g/mol. The molecule has 33 heavy (non-hydrogen) atoms. The molecule has 9 heteroatoms. The van der Waals surface area contributed by atoms with Gasteiger partial charge in [-0.15, -0.1) is 0 Å². The van der Waals surface area contributed by atoms with Crippen molar-refractivity contribution in [2.45, 2.75) is 11.4 Å². The first-order chi connectivity index (χ1) is 16.0. The lowest BCUT2D eigenvalue weighted by molar-refractivity contribution is 0.289. The lowest BCUT2D eigenvalue weighted by Crippen LogP contribution is -2.33. The molecule has 0 saturated carbocycles. The van der Waals surface area contributed by atoms with Gasteiger partial charge in [-0.1, -0.05) is 35.6 Å². The van der Waals surface area contributed by atoms with Gasteiger partial charge in [-0.25, -0.2) is 13.4 Å². The van der Waals surface area contributed by atoms with Gasteiger partial charge in [0.2, 0.25) is 10.0 Å². The fourth-order valence-corrected chi connectivity index (χ4v) is 8.24. The van der Waals surface area contributed by atoms with Crippen molar-refractivity contribution >= 4 is 42.9 Å². The smallest absolute Gasteiger partial charge is 0.279 e. The summed E-state index contributed by atoms with van der Waals surface area (Å²) < 4.78 is 34.4. The van der Waals surface area contributed by atoms with Gasteiger partial charge in [0.25, 0.3) is 5.19 Å². The summed E-state index contributed by atoms with van der Waals surface area (Å²) in [4.78, 5) is 7.39. The minimum Gasteiger partial charge on any atom is -0.431 e. The van der Waals surface area contributed by atoms with Crippen LogP contribution in [0.3, 0.4) is 0 Å². The van der Waals surface area contributed by atoms with E-state index in [0.717, 1.165) is 35.6 Å². The predicted octanol–water partition coefficient (Wildman–Crippen LogP) is 4.90. The Labute approximate surface area is 201 Å². The largest absolute Gasteiger partial charge is 0.431 e. The van der Waals surface area contributed by atoms with Crippen molar-refractivity contribution < 1.29 is 13.2 Å². The molecule has 2 aromatic heterocycles. The van der Waals surface area contributed by atoms with Crippen molar-refractivity contribution in [2.24, 2.45) is 11.8 Å². The minimum absolute atomic E-state index is 0.403. The third-order valence-electron chi connectivity index (χ3n) is 6.47. The van der Waals surface area contributed by atoms with Crippen LogP contribution in [0, 0.1) is 11.8 Å². The maximum Gasteiger partial charge on any atom is 0.279 e. The number of thiophene rings is 1. The van der Waals surface area contributed by atoms with Crippen LogP contribution in [0.2, 0.25) is 0 Å². The van der Waals surface area contributed by atoms with Crippen molar-refractivity contribution in [1.82, 2.24) is 14.2 Å². The van der Waals surface area contributed by atoms with Gasteiger partial charge >= 0.3 is 0 Å². The highest BCUT2D eigenvalue weighted by atomic mass is 32.2. The van der Waals surface area contributed by atoms with E-state index in [1.807, 2.05) is 41.8 Å². The van der Waals surface area contributed by atoms with E-state index in [9.17, 15) is 8.42 Å². The summed E-state index contributed by atoms with van der Waals surface area (Å²) in [7, 11) is -3.35. The van der Waals surface area contributed by atoms with Gasteiger partial charge < -0.3 is 4.74 Å². The van der Waals surface area contributed by atoms with Crippen molar-refractivity contribution in [3.05, 3.63) is 70.9 Å². The fourth-order valence-electron chi connectivity index (χ4n) is 4.84. The van der Waals surface area contributed by atoms with Crippen molar-refractivity contribution in [1.29, 1.82) is 0 Å². The van der Waals surface area contributed by atoms with Crippen molar-refractivity contribution in [3.8, 4) is 10.9 Å². The number of fused-ring (bicyclic) bond motifs is 2. The van der Waals surface area contributed by atoms with Crippen LogP contribution >= 0.6 is 22.7 Å². The number of ether oxygens (including phenoxy) is 1. The van der Waals surface area contributed by atoms with Gasteiger partial charge in [-0.2, -0.15) is 15.6 Å². The highest BCUT2D eigenvalue weighted by molar-refractivity contribution is 7.89. The molecule has 2 aliphatic rings. The minimum atomic E-state index is -3.35. The second kappa shape index (κ2) is 8.48. The summed E-state index contributed by atoms with van der Waals surface area (Å²) in [6.45, 7) is 3.98. The van der Waals surface area contributed by atoms with Crippen LogP contribution in [-0.2, 0) is 16.6 Å². The number of benzene rings is 2. The summed E-state index contributed by atoms with van der Waals surface area (Å²) >= 11 is 2.97. The molecule has 2 saturated heterocycles. The predicted molar refractivity (Wildman–Crippen MR) is 131 cm³/mol. The van der Waals surface area contributed by atoms with E-state index < -0.39 is 10.0 Å². The lowest BCUT2D eigenvalue weighted by Gasteiger charge is -2.21. The maximum atomic E-state index is 12.8. The molecule has 0 N–H and O–H groups in total. The third kappa shape index (κ3) is 4.20. The van der Waals surface area contributed by atoms with E-state index in [1.54, 1.807) is 27.1 Å². The first-order valence-corrected chi connectivity index (χ1v) is 14.1. The van der Waals surface area contributed by atoms with Gasteiger partial charge in [0.15, 0.2) is 0 Å². The van der Waals surface area contributed by atoms with Gasteiger partial charge in [0.1, 0.15) is 5.75 Å². The molecule has 4 heterocycles. The van der Waals surface area contributed by atoms with E-state index in [0.29, 0.717) is 35.0 Å². The molecule has 0 amide bonds. The zero-order chi connectivity index (χ0) is 22.4. The molecule has 2 atom stereocenters. The number of hydrogen-bond acceptors (Lipinski definition) is 7. The Balaban J connectivity index is 1.05. The molecule has 0 radical (unpaired) electrons. The van der Waals surface area contributed by atoms with Crippen LogP contribution in [0.4, 0.5) is 0 Å². The molecule has 0 bridgehead atoms. The Morgan fingerprint density at radius 3 is 2.42 bits per heavy atom. The molecule has 2 fully saturated rings. The molecule has 0 aliphatic carbocycles. The molecular formula is C24H23N3O3S3. The average Bonchev–Trinajstić information content (AvgIpc) is 3.58. The van der Waals surface area contributed by atoms with Crippen LogP contribution in [0.25, 0.3) is 10.2 Å². The number of likely N-dealkylation sites (tertiary alicyclic amines) is 1. The number of hydrogen-bond donors (Lipinski definition) is 0. The van der Waals surface area contributed by atoms with Crippen LogP contribution in [-0.4, -0.2) is 48.8 Å². The van der Waals surface area contributed by atoms with E-state index in [1.165, 1.54) is 16.9 Å². The molecule has 0 spiro atoms. The average molecular weight is 498 g/mol. The highest BCUT2D eigenvalue weighted by Crippen LogP contribution is 2.36. The first kappa shape index (κ1) is 21.2. The maximum absolute atomic E-state index is 12.8. The van der Waals surface area contributed by atoms with E-state index in [4.69, 9.17) is 4.74 Å². The zero-order valence-electron chi connectivity index (χ0n) is 17.8. The Hall–Kier alpha value is -2.30. The second-order valence-corrected chi connectivity index (χ2v) is 12.4. The van der Waals surface area contributed by atoms with Gasteiger partial charge in [-0.05, 0) is 53.1 Å². The molecule has 2 aromatic carbocycles. The number of rotatable bonds is 6. The molecule has 6 rings (SSSR count). The number of sulfonamides is 1. The van der Waals surface area contributed by atoms with Gasteiger partial charge in [0.05, 0.1) is 15.1 Å². The third-order valence-corrected chi connectivity index (χ3v) is 10.0. The normalized spacial score (nSPS) is 21.6. The molecular weight excluding hydrogens is 474 g/mol.